The van der Waals surface area contributed by atoms with Crippen LogP contribution in [0.3, 0.4) is 0 Å². The number of amides is 2. The van der Waals surface area contributed by atoms with Gasteiger partial charge in [0.1, 0.15) is 0 Å². The fraction of sp³-hybridized carbons (Fsp3) is 0.273. The Hall–Kier alpha value is -3.49. The lowest BCUT2D eigenvalue weighted by Crippen LogP contribution is -2.51. The maximum absolute atomic E-state index is 13.0. The molecule has 1 aromatic heterocycles. The summed E-state index contributed by atoms with van der Waals surface area (Å²) in [7, 11) is 0. The van der Waals surface area contributed by atoms with Crippen molar-refractivity contribution in [3.63, 3.8) is 0 Å². The zero-order valence-corrected chi connectivity index (χ0v) is 16.7. The van der Waals surface area contributed by atoms with Crippen molar-refractivity contribution in [2.24, 2.45) is 0 Å². The molecule has 1 fully saturated rings. The van der Waals surface area contributed by atoms with E-state index in [1.54, 1.807) is 23.5 Å². The molecule has 0 aliphatic carbocycles. The Kier molecular flexibility index (Phi) is 5.83. The standard InChI is InChI=1S/C22H22F3N5O/c23-22(24,25)18-5-3-6-19(14-18)28-10-12-29(13-11-28)21(31)27-15-17-4-1-2-7-20(17)30-9-8-26-16-30/h1-9,14,16H,10-13,15H2,(H,27,31). The Morgan fingerprint density at radius 2 is 1.81 bits per heavy atom. The van der Waals surface area contributed by atoms with Gasteiger partial charge in [-0.05, 0) is 29.8 Å². The van der Waals surface area contributed by atoms with Crippen LogP contribution in [0.25, 0.3) is 5.69 Å². The molecule has 0 unspecified atom stereocenters. The van der Waals surface area contributed by atoms with Crippen LogP contribution in [0.2, 0.25) is 0 Å². The summed E-state index contributed by atoms with van der Waals surface area (Å²) in [6.07, 6.45) is 0.866. The average molecular weight is 429 g/mol. The van der Waals surface area contributed by atoms with Crippen LogP contribution in [-0.2, 0) is 12.7 Å². The van der Waals surface area contributed by atoms with Crippen LogP contribution in [0.15, 0.2) is 67.3 Å². The number of para-hydroxylation sites is 1. The first-order valence-electron chi connectivity index (χ1n) is 9.93. The predicted molar refractivity (Wildman–Crippen MR) is 111 cm³/mol. The van der Waals surface area contributed by atoms with E-state index in [1.165, 1.54) is 6.07 Å². The first-order valence-corrected chi connectivity index (χ1v) is 9.93. The number of aromatic nitrogens is 2. The summed E-state index contributed by atoms with van der Waals surface area (Å²) in [5.74, 6) is 0. The Bertz CT molecular complexity index is 1030. The highest BCUT2D eigenvalue weighted by atomic mass is 19.4. The van der Waals surface area contributed by atoms with Crippen LogP contribution in [0.1, 0.15) is 11.1 Å². The molecule has 2 amide bonds. The number of imidazole rings is 1. The molecule has 0 atom stereocenters. The number of piperazine rings is 1. The second-order valence-electron chi connectivity index (χ2n) is 7.28. The lowest BCUT2D eigenvalue weighted by atomic mass is 10.1. The second-order valence-corrected chi connectivity index (χ2v) is 7.28. The minimum Gasteiger partial charge on any atom is -0.368 e. The minimum absolute atomic E-state index is 0.191. The number of rotatable bonds is 4. The first-order chi connectivity index (χ1) is 14.9. The average Bonchev–Trinajstić information content (AvgIpc) is 3.32. The molecule has 4 rings (SSSR count). The number of hydrogen-bond donors (Lipinski definition) is 1. The molecule has 0 spiro atoms. The molecule has 2 aromatic carbocycles. The molecule has 1 aliphatic heterocycles. The lowest BCUT2D eigenvalue weighted by Gasteiger charge is -2.36. The van der Waals surface area contributed by atoms with Gasteiger partial charge < -0.3 is 19.7 Å². The van der Waals surface area contributed by atoms with Gasteiger partial charge in [-0.3, -0.25) is 0 Å². The van der Waals surface area contributed by atoms with E-state index >= 15 is 0 Å². The van der Waals surface area contributed by atoms with E-state index in [0.29, 0.717) is 38.4 Å². The zero-order chi connectivity index (χ0) is 21.8. The van der Waals surface area contributed by atoms with Gasteiger partial charge in [0.05, 0.1) is 17.6 Å². The van der Waals surface area contributed by atoms with Gasteiger partial charge in [0.15, 0.2) is 0 Å². The Morgan fingerprint density at radius 1 is 1.03 bits per heavy atom. The number of carbonyl (C=O) groups is 1. The van der Waals surface area contributed by atoms with Gasteiger partial charge in [-0.1, -0.05) is 24.3 Å². The van der Waals surface area contributed by atoms with Crippen LogP contribution in [0, 0.1) is 0 Å². The van der Waals surface area contributed by atoms with Crippen molar-refractivity contribution in [2.75, 3.05) is 31.1 Å². The summed E-state index contributed by atoms with van der Waals surface area (Å²) in [6, 6.07) is 12.8. The summed E-state index contributed by atoms with van der Waals surface area (Å²) in [5, 5.41) is 2.94. The molecule has 0 radical (unpaired) electrons. The monoisotopic (exact) mass is 429 g/mol. The number of nitrogens with one attached hydrogen (secondary N) is 1. The molecule has 162 valence electrons. The first kappa shape index (κ1) is 20.8. The van der Waals surface area contributed by atoms with Crippen LogP contribution in [0.5, 0.6) is 0 Å². The Balaban J connectivity index is 1.34. The van der Waals surface area contributed by atoms with E-state index in [0.717, 1.165) is 23.4 Å². The predicted octanol–water partition coefficient (Wildman–Crippen LogP) is 3.92. The van der Waals surface area contributed by atoms with Crippen LogP contribution >= 0.6 is 0 Å². The number of urea groups is 1. The number of nitrogens with zero attached hydrogens (tertiary/aromatic N) is 4. The summed E-state index contributed by atoms with van der Waals surface area (Å²) in [5.41, 5.74) is 1.75. The largest absolute Gasteiger partial charge is 0.416 e. The summed E-state index contributed by atoms with van der Waals surface area (Å²) >= 11 is 0. The molecule has 0 saturated carbocycles. The molecular weight excluding hydrogens is 407 g/mol. The van der Waals surface area contributed by atoms with E-state index in [1.807, 2.05) is 39.9 Å². The van der Waals surface area contributed by atoms with Gasteiger partial charge in [0.2, 0.25) is 0 Å². The molecule has 0 bridgehead atoms. The van der Waals surface area contributed by atoms with E-state index < -0.39 is 11.7 Å². The fourth-order valence-corrected chi connectivity index (χ4v) is 3.64. The van der Waals surface area contributed by atoms with Crippen LogP contribution in [-0.4, -0.2) is 46.7 Å². The third-order valence-electron chi connectivity index (χ3n) is 5.31. The fourth-order valence-electron chi connectivity index (χ4n) is 3.64. The number of carbonyl (C=O) groups excluding carboxylic acids is 1. The van der Waals surface area contributed by atoms with E-state index in [2.05, 4.69) is 10.3 Å². The van der Waals surface area contributed by atoms with Crippen molar-refractivity contribution >= 4 is 11.7 Å². The van der Waals surface area contributed by atoms with Crippen LogP contribution in [0.4, 0.5) is 23.7 Å². The van der Waals surface area contributed by atoms with Gasteiger partial charge in [-0.25, -0.2) is 9.78 Å². The summed E-state index contributed by atoms with van der Waals surface area (Å²) in [6.45, 7) is 2.18. The summed E-state index contributed by atoms with van der Waals surface area (Å²) < 4.78 is 40.8. The lowest BCUT2D eigenvalue weighted by molar-refractivity contribution is -0.137. The molecule has 31 heavy (non-hydrogen) atoms. The molecule has 2 heterocycles. The van der Waals surface area contributed by atoms with Gasteiger partial charge in [-0.15, -0.1) is 0 Å². The van der Waals surface area contributed by atoms with Crippen molar-refractivity contribution in [3.05, 3.63) is 78.4 Å². The highest BCUT2D eigenvalue weighted by Gasteiger charge is 2.31. The molecule has 9 heteroatoms. The normalized spacial score (nSPS) is 14.5. The maximum Gasteiger partial charge on any atom is 0.416 e. The number of benzene rings is 2. The van der Waals surface area contributed by atoms with Crippen molar-refractivity contribution in [1.82, 2.24) is 19.8 Å². The zero-order valence-electron chi connectivity index (χ0n) is 16.7. The number of anilines is 1. The summed E-state index contributed by atoms with van der Waals surface area (Å²) in [4.78, 5) is 20.2. The molecule has 6 nitrogen and oxygen atoms in total. The Morgan fingerprint density at radius 3 is 2.52 bits per heavy atom. The number of alkyl halides is 3. The minimum atomic E-state index is -4.37. The van der Waals surface area contributed by atoms with Gasteiger partial charge in [0.25, 0.3) is 0 Å². The highest BCUT2D eigenvalue weighted by Crippen LogP contribution is 2.31. The smallest absolute Gasteiger partial charge is 0.368 e. The third-order valence-corrected chi connectivity index (χ3v) is 5.31. The second kappa shape index (κ2) is 8.71. The van der Waals surface area contributed by atoms with E-state index in [9.17, 15) is 18.0 Å². The van der Waals surface area contributed by atoms with Gasteiger partial charge in [0, 0.05) is 50.8 Å². The maximum atomic E-state index is 13.0. The van der Waals surface area contributed by atoms with Crippen molar-refractivity contribution in [3.8, 4) is 5.69 Å². The van der Waals surface area contributed by atoms with E-state index in [4.69, 9.17) is 0 Å². The highest BCUT2D eigenvalue weighted by molar-refractivity contribution is 5.74. The molecule has 3 aromatic rings. The van der Waals surface area contributed by atoms with Gasteiger partial charge in [-0.2, -0.15) is 13.2 Å². The third kappa shape index (κ3) is 4.82. The van der Waals surface area contributed by atoms with Crippen molar-refractivity contribution < 1.29 is 18.0 Å². The SMILES string of the molecule is O=C(NCc1ccccc1-n1ccnc1)N1CCN(c2cccc(C(F)(F)F)c2)CC1. The number of halogens is 3. The molecule has 1 N–H and O–H groups in total. The number of hydrogen-bond acceptors (Lipinski definition) is 3. The van der Waals surface area contributed by atoms with Crippen LogP contribution < -0.4 is 10.2 Å². The quantitative estimate of drug-likeness (QED) is 0.684. The van der Waals surface area contributed by atoms with Crippen molar-refractivity contribution in [2.45, 2.75) is 12.7 Å². The van der Waals surface area contributed by atoms with Gasteiger partial charge >= 0.3 is 12.2 Å². The van der Waals surface area contributed by atoms with E-state index in [-0.39, 0.29) is 6.03 Å². The molecule has 1 aliphatic rings. The molecular formula is C22H22F3N5O. The Labute approximate surface area is 177 Å². The topological polar surface area (TPSA) is 53.4 Å². The molecule has 1 saturated heterocycles. The van der Waals surface area contributed by atoms with Crippen molar-refractivity contribution in [1.29, 1.82) is 0 Å².